The number of carbonyl (C=O) groups is 1. The van der Waals surface area contributed by atoms with Crippen LogP contribution in [-0.2, 0) is 6.42 Å². The van der Waals surface area contributed by atoms with Crippen LogP contribution in [0.5, 0.6) is 0 Å². The first-order valence-electron chi connectivity index (χ1n) is 8.73. The monoisotopic (exact) mass is 317 g/mol. The van der Waals surface area contributed by atoms with Crippen molar-refractivity contribution in [1.29, 1.82) is 0 Å². The Morgan fingerprint density at radius 3 is 2.65 bits per heavy atom. The number of hydrogen-bond acceptors (Lipinski definition) is 2. The molecule has 1 aliphatic heterocycles. The topological polar surface area (TPSA) is 35.6 Å². The van der Waals surface area contributed by atoms with E-state index in [1.165, 1.54) is 11.1 Å². The summed E-state index contributed by atoms with van der Waals surface area (Å²) in [6.45, 7) is 7.05. The van der Waals surface area contributed by atoms with Gasteiger partial charge in [0, 0.05) is 25.7 Å². The van der Waals surface area contributed by atoms with Crippen LogP contribution in [0.15, 0.2) is 24.3 Å². The van der Waals surface area contributed by atoms with Gasteiger partial charge in [-0.25, -0.2) is 4.79 Å². The van der Waals surface area contributed by atoms with Gasteiger partial charge in [-0.3, -0.25) is 0 Å². The van der Waals surface area contributed by atoms with E-state index in [0.717, 1.165) is 38.9 Å². The fraction of sp³-hybridized carbons (Fsp3) is 0.632. The van der Waals surface area contributed by atoms with Gasteiger partial charge in [-0.2, -0.15) is 0 Å². The Morgan fingerprint density at radius 1 is 1.35 bits per heavy atom. The summed E-state index contributed by atoms with van der Waals surface area (Å²) < 4.78 is 0. The fourth-order valence-electron chi connectivity index (χ4n) is 3.25. The average molecular weight is 317 g/mol. The Morgan fingerprint density at radius 2 is 2.04 bits per heavy atom. The number of aryl methyl sites for hydroxylation is 1. The molecule has 0 aliphatic carbocycles. The Hall–Kier alpha value is -1.55. The molecule has 23 heavy (non-hydrogen) atoms. The second-order valence-corrected chi connectivity index (χ2v) is 7.11. The number of nitrogens with zero attached hydrogens (tertiary/aromatic N) is 2. The van der Waals surface area contributed by atoms with Crippen molar-refractivity contribution in [2.75, 3.05) is 33.7 Å². The van der Waals surface area contributed by atoms with Crippen molar-refractivity contribution in [3.8, 4) is 0 Å². The van der Waals surface area contributed by atoms with Crippen molar-refractivity contribution in [3.05, 3.63) is 35.4 Å². The summed E-state index contributed by atoms with van der Waals surface area (Å²) in [6.07, 6.45) is 2.96. The molecular weight excluding hydrogens is 286 g/mol. The molecule has 1 aromatic carbocycles. The molecule has 2 rings (SSSR count). The van der Waals surface area contributed by atoms with E-state index in [0.29, 0.717) is 5.92 Å². The highest BCUT2D eigenvalue weighted by atomic mass is 16.2. The van der Waals surface area contributed by atoms with Gasteiger partial charge in [-0.1, -0.05) is 36.8 Å². The zero-order valence-electron chi connectivity index (χ0n) is 15.0. The van der Waals surface area contributed by atoms with E-state index in [9.17, 15) is 4.79 Å². The first-order valence-corrected chi connectivity index (χ1v) is 8.73. The number of benzene rings is 1. The van der Waals surface area contributed by atoms with Crippen molar-refractivity contribution in [3.63, 3.8) is 0 Å². The van der Waals surface area contributed by atoms with Crippen LogP contribution in [0.4, 0.5) is 4.79 Å². The SMILES string of the molecule is CC[C@@H](Cc1ccc(C)cc1)NC(=O)N1CC[C@H](CN(C)C)C1. The summed E-state index contributed by atoms with van der Waals surface area (Å²) in [5.74, 6) is 0.605. The number of amides is 2. The lowest BCUT2D eigenvalue weighted by molar-refractivity contribution is 0.200. The third-order valence-corrected chi connectivity index (χ3v) is 4.62. The standard InChI is InChI=1S/C19H31N3O/c1-5-18(12-16-8-6-15(2)7-9-16)20-19(23)22-11-10-17(14-22)13-21(3)4/h6-9,17-18H,5,10-14H2,1-4H3,(H,20,23)/t17-,18+/m1/s1. The highest BCUT2D eigenvalue weighted by molar-refractivity contribution is 5.74. The largest absolute Gasteiger partial charge is 0.335 e. The van der Waals surface area contributed by atoms with Gasteiger partial charge in [-0.15, -0.1) is 0 Å². The highest BCUT2D eigenvalue weighted by Gasteiger charge is 2.27. The maximum atomic E-state index is 12.5. The molecule has 0 radical (unpaired) electrons. The maximum Gasteiger partial charge on any atom is 0.317 e. The molecule has 0 unspecified atom stereocenters. The lowest BCUT2D eigenvalue weighted by atomic mass is 10.0. The van der Waals surface area contributed by atoms with Crippen molar-refractivity contribution in [2.24, 2.45) is 5.92 Å². The number of nitrogens with one attached hydrogen (secondary N) is 1. The van der Waals surface area contributed by atoms with Crippen LogP contribution in [0.1, 0.15) is 30.9 Å². The van der Waals surface area contributed by atoms with E-state index in [-0.39, 0.29) is 12.1 Å². The molecular formula is C19H31N3O. The van der Waals surface area contributed by atoms with E-state index in [1.54, 1.807) is 0 Å². The van der Waals surface area contributed by atoms with Gasteiger partial charge in [0.1, 0.15) is 0 Å². The minimum absolute atomic E-state index is 0.102. The quantitative estimate of drug-likeness (QED) is 0.875. The normalized spacial score (nSPS) is 19.2. The molecule has 1 saturated heterocycles. The van der Waals surface area contributed by atoms with E-state index < -0.39 is 0 Å². The predicted octanol–water partition coefficient (Wildman–Crippen LogP) is 2.91. The summed E-state index contributed by atoms with van der Waals surface area (Å²) >= 11 is 0. The van der Waals surface area contributed by atoms with Crippen LogP contribution >= 0.6 is 0 Å². The van der Waals surface area contributed by atoms with Crippen LogP contribution in [0, 0.1) is 12.8 Å². The van der Waals surface area contributed by atoms with E-state index in [4.69, 9.17) is 0 Å². The number of rotatable bonds is 6. The third-order valence-electron chi connectivity index (χ3n) is 4.62. The number of urea groups is 1. The molecule has 2 atom stereocenters. The molecule has 1 aromatic rings. The fourth-order valence-corrected chi connectivity index (χ4v) is 3.25. The highest BCUT2D eigenvalue weighted by Crippen LogP contribution is 2.17. The molecule has 0 spiro atoms. The molecule has 1 N–H and O–H groups in total. The smallest absolute Gasteiger partial charge is 0.317 e. The van der Waals surface area contributed by atoms with Gasteiger partial charge in [-0.05, 0) is 51.8 Å². The lowest BCUT2D eigenvalue weighted by Gasteiger charge is -2.23. The molecule has 1 heterocycles. The number of likely N-dealkylation sites (tertiary alicyclic amines) is 1. The first kappa shape index (κ1) is 17.8. The Bertz CT molecular complexity index is 498. The molecule has 0 bridgehead atoms. The molecule has 0 aromatic heterocycles. The molecule has 1 aliphatic rings. The van der Waals surface area contributed by atoms with Crippen LogP contribution in [-0.4, -0.2) is 55.6 Å². The molecule has 4 nitrogen and oxygen atoms in total. The van der Waals surface area contributed by atoms with Crippen LogP contribution in [0.2, 0.25) is 0 Å². The van der Waals surface area contributed by atoms with Gasteiger partial charge in [0.15, 0.2) is 0 Å². The van der Waals surface area contributed by atoms with Crippen LogP contribution in [0.25, 0.3) is 0 Å². The second kappa shape index (κ2) is 8.34. The predicted molar refractivity (Wildman–Crippen MR) is 95.7 cm³/mol. The summed E-state index contributed by atoms with van der Waals surface area (Å²) in [4.78, 5) is 16.7. The van der Waals surface area contributed by atoms with Crippen molar-refractivity contribution in [2.45, 2.75) is 39.2 Å². The zero-order valence-corrected chi connectivity index (χ0v) is 15.0. The number of carbonyl (C=O) groups excluding carboxylic acids is 1. The van der Waals surface area contributed by atoms with Gasteiger partial charge in [0.2, 0.25) is 0 Å². The van der Waals surface area contributed by atoms with E-state index in [2.05, 4.69) is 62.4 Å². The minimum atomic E-state index is 0.102. The van der Waals surface area contributed by atoms with Crippen LogP contribution in [0.3, 0.4) is 0 Å². The van der Waals surface area contributed by atoms with Gasteiger partial charge in [0.05, 0.1) is 0 Å². The van der Waals surface area contributed by atoms with E-state index >= 15 is 0 Å². The summed E-state index contributed by atoms with van der Waals surface area (Å²) in [7, 11) is 4.19. The lowest BCUT2D eigenvalue weighted by Crippen LogP contribution is -2.44. The maximum absolute atomic E-state index is 12.5. The van der Waals surface area contributed by atoms with Crippen molar-refractivity contribution in [1.82, 2.24) is 15.1 Å². The summed E-state index contributed by atoms with van der Waals surface area (Å²) in [6, 6.07) is 8.90. The Labute approximate surface area is 140 Å². The van der Waals surface area contributed by atoms with Gasteiger partial charge < -0.3 is 15.1 Å². The molecule has 1 fully saturated rings. The number of hydrogen-bond donors (Lipinski definition) is 1. The van der Waals surface area contributed by atoms with Gasteiger partial charge in [0.25, 0.3) is 0 Å². The Balaban J connectivity index is 1.84. The van der Waals surface area contributed by atoms with Crippen LogP contribution < -0.4 is 5.32 Å². The zero-order chi connectivity index (χ0) is 16.8. The summed E-state index contributed by atoms with van der Waals surface area (Å²) in [5, 5.41) is 3.22. The average Bonchev–Trinajstić information content (AvgIpc) is 2.96. The first-order chi connectivity index (χ1) is 11.0. The second-order valence-electron chi connectivity index (χ2n) is 7.11. The Kier molecular flexibility index (Phi) is 6.46. The minimum Gasteiger partial charge on any atom is -0.335 e. The summed E-state index contributed by atoms with van der Waals surface area (Å²) in [5.41, 5.74) is 2.56. The van der Waals surface area contributed by atoms with Gasteiger partial charge >= 0.3 is 6.03 Å². The molecule has 4 heteroatoms. The molecule has 0 saturated carbocycles. The van der Waals surface area contributed by atoms with E-state index in [1.807, 2.05) is 4.90 Å². The van der Waals surface area contributed by atoms with Crippen molar-refractivity contribution < 1.29 is 4.79 Å². The van der Waals surface area contributed by atoms with Crippen molar-refractivity contribution >= 4 is 6.03 Å². The molecule has 128 valence electrons. The third kappa shape index (κ3) is 5.54. The molecule has 2 amide bonds.